The number of hydrogen-bond donors (Lipinski definition) is 1. The fraction of sp³-hybridized carbons (Fsp3) is 0.286. The van der Waals surface area contributed by atoms with Crippen LogP contribution in [0.1, 0.15) is 60.3 Å². The molecule has 3 heterocycles. The molecule has 3 aromatic heterocycles. The van der Waals surface area contributed by atoms with Crippen molar-refractivity contribution in [2.45, 2.75) is 51.6 Å². The summed E-state index contributed by atoms with van der Waals surface area (Å²) in [5, 5.41) is 10.4. The van der Waals surface area contributed by atoms with Crippen LogP contribution in [-0.2, 0) is 5.60 Å². The van der Waals surface area contributed by atoms with Crippen molar-refractivity contribution in [2.24, 2.45) is 0 Å². The minimum Gasteiger partial charge on any atom is -0.382 e. The molecule has 1 aliphatic carbocycles. The summed E-state index contributed by atoms with van der Waals surface area (Å²) in [7, 11) is 0. The van der Waals surface area contributed by atoms with Gasteiger partial charge in [0.25, 0.3) is 5.56 Å². The molecular formula is C28H26ClFN4O2. The number of pyridine rings is 2. The molecule has 2 atom stereocenters. The number of halogens is 2. The van der Waals surface area contributed by atoms with Crippen LogP contribution >= 0.6 is 11.6 Å². The first kappa shape index (κ1) is 24.3. The van der Waals surface area contributed by atoms with Crippen molar-refractivity contribution in [3.63, 3.8) is 0 Å². The topological polar surface area (TPSA) is 80.9 Å². The summed E-state index contributed by atoms with van der Waals surface area (Å²) in [6.07, 6.45) is 4.00. The fourth-order valence-corrected chi connectivity index (χ4v) is 4.93. The molecule has 6 nitrogen and oxygen atoms in total. The van der Waals surface area contributed by atoms with Crippen LogP contribution in [0.5, 0.6) is 0 Å². The monoisotopic (exact) mass is 504 g/mol. The van der Waals surface area contributed by atoms with Gasteiger partial charge in [-0.3, -0.25) is 14.3 Å². The Morgan fingerprint density at radius 2 is 1.78 bits per heavy atom. The molecule has 1 saturated carbocycles. The predicted molar refractivity (Wildman–Crippen MR) is 137 cm³/mol. The second-order valence-electron chi connectivity index (χ2n) is 9.85. The minimum absolute atomic E-state index is 0.00539. The van der Waals surface area contributed by atoms with Gasteiger partial charge < -0.3 is 5.11 Å². The van der Waals surface area contributed by atoms with Gasteiger partial charge in [0.05, 0.1) is 17.1 Å². The quantitative estimate of drug-likeness (QED) is 0.383. The first-order valence-corrected chi connectivity index (χ1v) is 12.1. The van der Waals surface area contributed by atoms with Crippen LogP contribution in [0.2, 0.25) is 5.02 Å². The van der Waals surface area contributed by atoms with Gasteiger partial charge in [-0.15, -0.1) is 0 Å². The van der Waals surface area contributed by atoms with Crippen molar-refractivity contribution in [3.8, 4) is 17.1 Å². The van der Waals surface area contributed by atoms with Gasteiger partial charge in [0, 0.05) is 18.1 Å². The molecule has 36 heavy (non-hydrogen) atoms. The Labute approximate surface area is 213 Å². The molecule has 1 N–H and O–H groups in total. The number of hydrogen-bond acceptors (Lipinski definition) is 5. The summed E-state index contributed by atoms with van der Waals surface area (Å²) in [4.78, 5) is 26.6. The second-order valence-corrected chi connectivity index (χ2v) is 10.2. The summed E-state index contributed by atoms with van der Waals surface area (Å²) >= 11 is 6.64. The number of nitrogens with zero attached hydrogens (tertiary/aromatic N) is 4. The third-order valence-electron chi connectivity index (χ3n) is 6.64. The van der Waals surface area contributed by atoms with Crippen LogP contribution in [0.4, 0.5) is 4.39 Å². The zero-order valence-electron chi connectivity index (χ0n) is 20.5. The lowest BCUT2D eigenvalue weighted by molar-refractivity contribution is 0.0688. The van der Waals surface area contributed by atoms with Gasteiger partial charge in [0.2, 0.25) is 0 Å². The molecule has 1 aromatic carbocycles. The number of aryl methyl sites for hydroxylation is 2. The van der Waals surface area contributed by atoms with Crippen LogP contribution in [0.15, 0.2) is 59.7 Å². The maximum absolute atomic E-state index is 14.3. The van der Waals surface area contributed by atoms with Crippen LogP contribution < -0.4 is 5.56 Å². The van der Waals surface area contributed by atoms with Gasteiger partial charge in [0.1, 0.15) is 16.4 Å². The highest BCUT2D eigenvalue weighted by Gasteiger charge is 2.42. The van der Waals surface area contributed by atoms with E-state index >= 15 is 0 Å². The van der Waals surface area contributed by atoms with E-state index in [-0.39, 0.29) is 34.1 Å². The molecule has 5 rings (SSSR count). The third kappa shape index (κ3) is 4.33. The average molecular weight is 505 g/mol. The molecule has 8 heteroatoms. The summed E-state index contributed by atoms with van der Waals surface area (Å²) in [5.74, 6) is 0.0586. The fourth-order valence-electron chi connectivity index (χ4n) is 4.65. The Hall–Kier alpha value is -3.42. The van der Waals surface area contributed by atoms with E-state index in [1.807, 2.05) is 26.0 Å². The minimum atomic E-state index is -1.20. The lowest BCUT2D eigenvalue weighted by atomic mass is 10.0. The van der Waals surface area contributed by atoms with E-state index in [9.17, 15) is 14.3 Å². The lowest BCUT2D eigenvalue weighted by Crippen LogP contribution is -2.23. The van der Waals surface area contributed by atoms with Gasteiger partial charge in [-0.2, -0.15) is 0 Å². The Kier molecular flexibility index (Phi) is 6.01. The number of rotatable bonds is 5. The highest BCUT2D eigenvalue weighted by atomic mass is 35.5. The molecule has 0 saturated heterocycles. The standard InChI is InChI=1S/C28H26ClFN4O2/c1-15-14-32-23(22-9-10-31-27(33-22)28(3,4)36)13-24(15)34-16(2)11-20(25(29)26(34)35)19-12-18(19)17-7-5-6-8-21(17)30/h5-11,13-14,18-19,36H,12H2,1-4H3/t18-,19+/m1/s1. The molecule has 1 fully saturated rings. The number of aromatic nitrogens is 4. The number of benzene rings is 1. The van der Waals surface area contributed by atoms with Gasteiger partial charge in [-0.1, -0.05) is 29.8 Å². The van der Waals surface area contributed by atoms with E-state index in [0.29, 0.717) is 22.6 Å². The van der Waals surface area contributed by atoms with Crippen LogP contribution in [0.25, 0.3) is 17.1 Å². The van der Waals surface area contributed by atoms with Crippen molar-refractivity contribution in [2.75, 3.05) is 0 Å². The zero-order chi connectivity index (χ0) is 25.8. The highest BCUT2D eigenvalue weighted by molar-refractivity contribution is 6.31. The lowest BCUT2D eigenvalue weighted by Gasteiger charge is -2.17. The maximum Gasteiger partial charge on any atom is 0.274 e. The Morgan fingerprint density at radius 1 is 1.06 bits per heavy atom. The summed E-state index contributed by atoms with van der Waals surface area (Å²) in [6, 6.07) is 12.2. The van der Waals surface area contributed by atoms with Crippen molar-refractivity contribution in [3.05, 3.63) is 104 Å². The van der Waals surface area contributed by atoms with Crippen LogP contribution in [-0.4, -0.2) is 24.6 Å². The first-order chi connectivity index (χ1) is 17.1. The molecule has 1 aliphatic rings. The average Bonchev–Trinajstić information content (AvgIpc) is 3.63. The van der Waals surface area contributed by atoms with E-state index < -0.39 is 5.60 Å². The van der Waals surface area contributed by atoms with E-state index in [1.54, 1.807) is 55.1 Å². The molecule has 0 amide bonds. The molecule has 0 aliphatic heterocycles. The first-order valence-electron chi connectivity index (χ1n) is 11.8. The largest absolute Gasteiger partial charge is 0.382 e. The smallest absolute Gasteiger partial charge is 0.274 e. The molecular weight excluding hydrogens is 479 g/mol. The normalized spacial score (nSPS) is 17.3. The van der Waals surface area contributed by atoms with E-state index in [2.05, 4.69) is 15.0 Å². The third-order valence-corrected chi connectivity index (χ3v) is 7.02. The van der Waals surface area contributed by atoms with E-state index in [1.165, 1.54) is 6.07 Å². The molecule has 0 spiro atoms. The zero-order valence-corrected chi connectivity index (χ0v) is 21.2. The highest BCUT2D eigenvalue weighted by Crippen LogP contribution is 2.56. The molecule has 0 radical (unpaired) electrons. The Morgan fingerprint density at radius 3 is 2.50 bits per heavy atom. The predicted octanol–water partition coefficient (Wildman–Crippen LogP) is 5.60. The van der Waals surface area contributed by atoms with Crippen LogP contribution in [0, 0.1) is 19.7 Å². The van der Waals surface area contributed by atoms with Gasteiger partial charge in [0.15, 0.2) is 5.82 Å². The van der Waals surface area contributed by atoms with Crippen molar-refractivity contribution < 1.29 is 9.50 Å². The van der Waals surface area contributed by atoms with Crippen molar-refractivity contribution in [1.82, 2.24) is 19.5 Å². The van der Waals surface area contributed by atoms with Crippen molar-refractivity contribution >= 4 is 11.6 Å². The summed E-state index contributed by atoms with van der Waals surface area (Å²) < 4.78 is 15.9. The second kappa shape index (κ2) is 8.91. The SMILES string of the molecule is Cc1cnc(-c2ccnc(C(C)(C)O)n2)cc1-n1c(C)cc([C@H]2C[C@@H]2c2ccccc2F)c(Cl)c1=O. The van der Waals surface area contributed by atoms with E-state index in [4.69, 9.17) is 11.6 Å². The maximum atomic E-state index is 14.3. The molecule has 4 aromatic rings. The van der Waals surface area contributed by atoms with Gasteiger partial charge >= 0.3 is 0 Å². The molecule has 184 valence electrons. The molecule has 0 bridgehead atoms. The Balaban J connectivity index is 1.55. The summed E-state index contributed by atoms with van der Waals surface area (Å²) in [6.45, 7) is 6.96. The summed E-state index contributed by atoms with van der Waals surface area (Å²) in [5.41, 5.74) is 3.10. The molecule has 0 unspecified atom stereocenters. The Bertz CT molecular complexity index is 1540. The number of aliphatic hydroxyl groups is 1. The van der Waals surface area contributed by atoms with E-state index in [0.717, 1.165) is 23.2 Å². The van der Waals surface area contributed by atoms with Crippen molar-refractivity contribution in [1.29, 1.82) is 0 Å². The van der Waals surface area contributed by atoms with Crippen LogP contribution in [0.3, 0.4) is 0 Å². The van der Waals surface area contributed by atoms with Gasteiger partial charge in [-0.25, -0.2) is 14.4 Å². The van der Waals surface area contributed by atoms with Gasteiger partial charge in [-0.05, 0) is 86.9 Å².